The highest BCUT2D eigenvalue weighted by molar-refractivity contribution is 4.90. The molecule has 0 bridgehead atoms. The number of ether oxygens (including phenoxy) is 1. The Bertz CT molecular complexity index is 140. The van der Waals surface area contributed by atoms with Crippen LogP contribution in [0.4, 0.5) is 0 Å². The van der Waals surface area contributed by atoms with E-state index in [1.54, 1.807) is 0 Å². The van der Waals surface area contributed by atoms with Crippen LogP contribution in [-0.4, -0.2) is 36.2 Å². The Kier molecular flexibility index (Phi) is 3.74. The standard InChI is InChI=1S/C11H23NO/c1-8(2)6-12-7-11(10(12)5)13-9(3)4/h8-11H,6-7H2,1-5H3. The Morgan fingerprint density at radius 1 is 1.31 bits per heavy atom. The van der Waals surface area contributed by atoms with Crippen LogP contribution in [0.2, 0.25) is 0 Å². The minimum atomic E-state index is 0.369. The van der Waals surface area contributed by atoms with E-state index >= 15 is 0 Å². The van der Waals surface area contributed by atoms with Crippen LogP contribution >= 0.6 is 0 Å². The molecule has 1 rings (SSSR count). The minimum Gasteiger partial charge on any atom is -0.373 e. The van der Waals surface area contributed by atoms with Gasteiger partial charge in [0.05, 0.1) is 12.2 Å². The second kappa shape index (κ2) is 4.43. The van der Waals surface area contributed by atoms with Gasteiger partial charge in [-0.3, -0.25) is 4.90 Å². The Hall–Kier alpha value is -0.0800. The first-order chi connectivity index (χ1) is 6.00. The smallest absolute Gasteiger partial charge is 0.0857 e. The summed E-state index contributed by atoms with van der Waals surface area (Å²) in [5.41, 5.74) is 0. The maximum Gasteiger partial charge on any atom is 0.0857 e. The highest BCUT2D eigenvalue weighted by atomic mass is 16.5. The third kappa shape index (κ3) is 2.96. The Labute approximate surface area is 82.3 Å². The largest absolute Gasteiger partial charge is 0.373 e. The van der Waals surface area contributed by atoms with E-state index in [0.29, 0.717) is 18.2 Å². The summed E-state index contributed by atoms with van der Waals surface area (Å²) in [5, 5.41) is 0. The monoisotopic (exact) mass is 185 g/mol. The van der Waals surface area contributed by atoms with E-state index in [1.807, 2.05) is 0 Å². The lowest BCUT2D eigenvalue weighted by atomic mass is 9.99. The van der Waals surface area contributed by atoms with Crippen molar-refractivity contribution >= 4 is 0 Å². The molecule has 2 nitrogen and oxygen atoms in total. The fourth-order valence-corrected chi connectivity index (χ4v) is 1.86. The third-order valence-electron chi connectivity index (χ3n) is 2.58. The van der Waals surface area contributed by atoms with Crippen molar-refractivity contribution in [3.8, 4) is 0 Å². The quantitative estimate of drug-likeness (QED) is 0.665. The number of nitrogens with zero attached hydrogens (tertiary/aromatic N) is 1. The molecule has 2 atom stereocenters. The van der Waals surface area contributed by atoms with Crippen molar-refractivity contribution in [1.82, 2.24) is 4.90 Å². The van der Waals surface area contributed by atoms with E-state index in [0.717, 1.165) is 12.5 Å². The molecule has 0 saturated carbocycles. The van der Waals surface area contributed by atoms with Crippen LogP contribution in [0.5, 0.6) is 0 Å². The van der Waals surface area contributed by atoms with Gasteiger partial charge >= 0.3 is 0 Å². The van der Waals surface area contributed by atoms with Gasteiger partial charge < -0.3 is 4.74 Å². The van der Waals surface area contributed by atoms with Gasteiger partial charge in [0.1, 0.15) is 0 Å². The van der Waals surface area contributed by atoms with E-state index in [4.69, 9.17) is 4.74 Å². The normalized spacial score (nSPS) is 29.8. The van der Waals surface area contributed by atoms with Crippen LogP contribution in [0.15, 0.2) is 0 Å². The van der Waals surface area contributed by atoms with Crippen molar-refractivity contribution in [3.63, 3.8) is 0 Å². The van der Waals surface area contributed by atoms with Crippen LogP contribution in [0.3, 0.4) is 0 Å². The molecular formula is C11H23NO. The zero-order valence-corrected chi connectivity index (χ0v) is 9.58. The maximum absolute atomic E-state index is 5.77. The molecule has 0 N–H and O–H groups in total. The maximum atomic E-state index is 5.77. The second-order valence-corrected chi connectivity index (χ2v) is 4.81. The van der Waals surface area contributed by atoms with Gasteiger partial charge in [-0.25, -0.2) is 0 Å². The van der Waals surface area contributed by atoms with Crippen LogP contribution in [0.25, 0.3) is 0 Å². The molecule has 1 fully saturated rings. The van der Waals surface area contributed by atoms with Crippen LogP contribution in [0.1, 0.15) is 34.6 Å². The van der Waals surface area contributed by atoms with E-state index < -0.39 is 0 Å². The fraction of sp³-hybridized carbons (Fsp3) is 1.00. The number of likely N-dealkylation sites (tertiary alicyclic amines) is 1. The zero-order chi connectivity index (χ0) is 10.0. The predicted molar refractivity (Wildman–Crippen MR) is 55.9 cm³/mol. The molecule has 78 valence electrons. The van der Waals surface area contributed by atoms with Crippen molar-refractivity contribution in [3.05, 3.63) is 0 Å². The molecule has 1 aliphatic heterocycles. The summed E-state index contributed by atoms with van der Waals surface area (Å²) in [6, 6.07) is 0.616. The highest BCUT2D eigenvalue weighted by Gasteiger charge is 2.36. The van der Waals surface area contributed by atoms with Crippen molar-refractivity contribution in [2.45, 2.75) is 52.9 Å². The number of rotatable bonds is 4. The van der Waals surface area contributed by atoms with Crippen molar-refractivity contribution < 1.29 is 4.74 Å². The summed E-state index contributed by atoms with van der Waals surface area (Å²) in [6.45, 7) is 13.3. The first-order valence-corrected chi connectivity index (χ1v) is 5.40. The van der Waals surface area contributed by atoms with E-state index in [9.17, 15) is 0 Å². The summed E-state index contributed by atoms with van der Waals surface area (Å²) in [5.74, 6) is 0.766. The summed E-state index contributed by atoms with van der Waals surface area (Å²) in [7, 11) is 0. The summed E-state index contributed by atoms with van der Waals surface area (Å²) in [6.07, 6.45) is 0.840. The fourth-order valence-electron chi connectivity index (χ4n) is 1.86. The van der Waals surface area contributed by atoms with Crippen LogP contribution < -0.4 is 0 Å². The van der Waals surface area contributed by atoms with Gasteiger partial charge in [0.2, 0.25) is 0 Å². The number of hydrogen-bond donors (Lipinski definition) is 0. The summed E-state index contributed by atoms with van der Waals surface area (Å²) >= 11 is 0. The second-order valence-electron chi connectivity index (χ2n) is 4.81. The van der Waals surface area contributed by atoms with Gasteiger partial charge in [-0.2, -0.15) is 0 Å². The lowest BCUT2D eigenvalue weighted by Crippen LogP contribution is -2.60. The molecule has 0 spiro atoms. The summed E-state index contributed by atoms with van der Waals surface area (Å²) in [4.78, 5) is 2.50. The van der Waals surface area contributed by atoms with Gasteiger partial charge in [-0.15, -0.1) is 0 Å². The van der Waals surface area contributed by atoms with Gasteiger partial charge in [0, 0.05) is 19.1 Å². The minimum absolute atomic E-state index is 0.369. The molecule has 2 unspecified atom stereocenters. The lowest BCUT2D eigenvalue weighted by Gasteiger charge is -2.47. The molecule has 1 aliphatic rings. The van der Waals surface area contributed by atoms with Crippen LogP contribution in [0, 0.1) is 5.92 Å². The topological polar surface area (TPSA) is 12.5 Å². The predicted octanol–water partition coefficient (Wildman–Crippen LogP) is 2.14. The lowest BCUT2D eigenvalue weighted by molar-refractivity contribution is -0.121. The van der Waals surface area contributed by atoms with E-state index in [2.05, 4.69) is 39.5 Å². The molecule has 13 heavy (non-hydrogen) atoms. The average Bonchev–Trinajstić information content (AvgIpc) is 2.01. The van der Waals surface area contributed by atoms with E-state index in [-0.39, 0.29) is 0 Å². The molecular weight excluding hydrogens is 162 g/mol. The molecule has 0 aromatic carbocycles. The van der Waals surface area contributed by atoms with Gasteiger partial charge in [0.25, 0.3) is 0 Å². The average molecular weight is 185 g/mol. The van der Waals surface area contributed by atoms with Crippen molar-refractivity contribution in [2.75, 3.05) is 13.1 Å². The van der Waals surface area contributed by atoms with Gasteiger partial charge in [-0.1, -0.05) is 13.8 Å². The van der Waals surface area contributed by atoms with Crippen molar-refractivity contribution in [2.24, 2.45) is 5.92 Å². The first-order valence-electron chi connectivity index (χ1n) is 5.40. The molecule has 0 amide bonds. The molecule has 0 aliphatic carbocycles. The number of hydrogen-bond acceptors (Lipinski definition) is 2. The SMILES string of the molecule is CC(C)CN1CC(OC(C)C)C1C. The van der Waals surface area contributed by atoms with Crippen molar-refractivity contribution in [1.29, 1.82) is 0 Å². The van der Waals surface area contributed by atoms with E-state index in [1.165, 1.54) is 6.54 Å². The molecule has 2 heteroatoms. The zero-order valence-electron chi connectivity index (χ0n) is 9.58. The highest BCUT2D eigenvalue weighted by Crippen LogP contribution is 2.22. The third-order valence-corrected chi connectivity index (χ3v) is 2.58. The Morgan fingerprint density at radius 2 is 1.92 bits per heavy atom. The Balaban J connectivity index is 2.22. The van der Waals surface area contributed by atoms with Gasteiger partial charge in [-0.05, 0) is 26.7 Å². The van der Waals surface area contributed by atoms with Gasteiger partial charge in [0.15, 0.2) is 0 Å². The first kappa shape index (κ1) is 11.0. The summed E-state index contributed by atoms with van der Waals surface area (Å²) < 4.78 is 5.77. The van der Waals surface area contributed by atoms with Crippen LogP contribution in [-0.2, 0) is 4.74 Å². The molecule has 1 heterocycles. The molecule has 0 aromatic rings. The molecule has 0 aromatic heterocycles. The molecule has 0 radical (unpaired) electrons. The Morgan fingerprint density at radius 3 is 2.31 bits per heavy atom. The molecule has 1 saturated heterocycles.